The molecule has 0 radical (unpaired) electrons. The molecule has 4 rings (SSSR count). The summed E-state index contributed by atoms with van der Waals surface area (Å²) in [5, 5.41) is 4.78. The van der Waals surface area contributed by atoms with Crippen LogP contribution in [0.2, 0.25) is 0 Å². The van der Waals surface area contributed by atoms with E-state index in [1.165, 1.54) is 5.56 Å². The van der Waals surface area contributed by atoms with Gasteiger partial charge in [-0.05, 0) is 31.2 Å². The Bertz CT molecular complexity index is 676. The predicted molar refractivity (Wildman–Crippen MR) is 85.8 cm³/mol. The minimum atomic E-state index is 0.165. The van der Waals surface area contributed by atoms with Crippen LogP contribution in [0, 0.1) is 5.41 Å². The zero-order valence-corrected chi connectivity index (χ0v) is 12.9. The Balaban J connectivity index is 1.65. The second kappa shape index (κ2) is 5.21. The van der Waals surface area contributed by atoms with Crippen LogP contribution in [0.1, 0.15) is 31.7 Å². The molecule has 2 aromatic heterocycles. The van der Waals surface area contributed by atoms with Crippen molar-refractivity contribution < 1.29 is 4.74 Å². The summed E-state index contributed by atoms with van der Waals surface area (Å²) in [6.07, 6.45) is 7.68. The van der Waals surface area contributed by atoms with Crippen molar-refractivity contribution in [3.8, 4) is 0 Å². The number of hydrogen-bond acceptors (Lipinski definition) is 5. The van der Waals surface area contributed by atoms with Gasteiger partial charge in [0.05, 0.1) is 5.39 Å². The summed E-state index contributed by atoms with van der Waals surface area (Å²) in [6, 6.07) is 0.646. The first kappa shape index (κ1) is 14.0. The Hall–Kier alpha value is -1.66. The number of aromatic nitrogens is 3. The van der Waals surface area contributed by atoms with Crippen molar-refractivity contribution in [2.75, 3.05) is 18.5 Å². The van der Waals surface area contributed by atoms with Crippen molar-refractivity contribution >= 4 is 16.9 Å². The highest BCUT2D eigenvalue weighted by Gasteiger charge is 2.53. The SMILES string of the molecule is CCc1c[nH]c2ncnc(NC3CC(N)C34CCOCC4)c12. The number of aromatic amines is 1. The second-order valence-corrected chi connectivity index (χ2v) is 6.50. The van der Waals surface area contributed by atoms with Crippen LogP contribution in [0.4, 0.5) is 5.82 Å². The molecule has 0 aromatic carbocycles. The molecular formula is C16H23N5O. The number of H-pyrrole nitrogens is 1. The van der Waals surface area contributed by atoms with Gasteiger partial charge in [-0.2, -0.15) is 0 Å². The molecule has 1 aliphatic carbocycles. The van der Waals surface area contributed by atoms with Gasteiger partial charge in [-0.25, -0.2) is 9.97 Å². The van der Waals surface area contributed by atoms with Crippen molar-refractivity contribution in [3.05, 3.63) is 18.1 Å². The van der Waals surface area contributed by atoms with Crippen molar-refractivity contribution in [2.24, 2.45) is 11.1 Å². The fourth-order valence-corrected chi connectivity index (χ4v) is 4.07. The largest absolute Gasteiger partial charge is 0.381 e. The maximum absolute atomic E-state index is 6.35. The molecule has 22 heavy (non-hydrogen) atoms. The Morgan fingerprint density at radius 2 is 2.23 bits per heavy atom. The van der Waals surface area contributed by atoms with Crippen LogP contribution in [-0.4, -0.2) is 40.2 Å². The van der Waals surface area contributed by atoms with Gasteiger partial charge >= 0.3 is 0 Å². The van der Waals surface area contributed by atoms with Crippen molar-refractivity contribution in [1.29, 1.82) is 0 Å². The molecule has 6 heteroatoms. The van der Waals surface area contributed by atoms with Crippen LogP contribution in [0.5, 0.6) is 0 Å². The molecule has 1 aliphatic heterocycles. The van der Waals surface area contributed by atoms with E-state index >= 15 is 0 Å². The maximum Gasteiger partial charge on any atom is 0.143 e. The Morgan fingerprint density at radius 3 is 2.95 bits per heavy atom. The molecular weight excluding hydrogens is 278 g/mol. The quantitative estimate of drug-likeness (QED) is 0.805. The molecule has 2 aromatic rings. The lowest BCUT2D eigenvalue weighted by Crippen LogP contribution is -2.65. The number of aryl methyl sites for hydroxylation is 1. The average molecular weight is 301 g/mol. The van der Waals surface area contributed by atoms with Crippen molar-refractivity contribution in [2.45, 2.75) is 44.7 Å². The molecule has 118 valence electrons. The summed E-state index contributed by atoms with van der Waals surface area (Å²) in [5.74, 6) is 0.936. The van der Waals surface area contributed by atoms with Crippen LogP contribution in [0.15, 0.2) is 12.5 Å². The third-order valence-corrected chi connectivity index (χ3v) is 5.59. The highest BCUT2D eigenvalue weighted by atomic mass is 16.5. The zero-order chi connectivity index (χ0) is 15.2. The standard InChI is InChI=1S/C16H23N5O/c1-2-10-8-18-14-13(10)15(20-9-19-14)21-12-7-11(17)16(12)3-5-22-6-4-16/h8-9,11-12H,2-7,17H2,1H3,(H2,18,19,20,21). The Kier molecular flexibility index (Phi) is 3.31. The van der Waals surface area contributed by atoms with Crippen molar-refractivity contribution in [1.82, 2.24) is 15.0 Å². The van der Waals surface area contributed by atoms with E-state index in [4.69, 9.17) is 10.5 Å². The highest BCUT2D eigenvalue weighted by Crippen LogP contribution is 2.49. The fourth-order valence-electron chi connectivity index (χ4n) is 4.07. The van der Waals surface area contributed by atoms with Gasteiger partial charge in [-0.3, -0.25) is 0 Å². The van der Waals surface area contributed by atoms with E-state index in [0.29, 0.717) is 6.04 Å². The minimum absolute atomic E-state index is 0.165. The van der Waals surface area contributed by atoms with Gasteiger partial charge in [0.15, 0.2) is 0 Å². The van der Waals surface area contributed by atoms with Gasteiger partial charge in [0.2, 0.25) is 0 Å². The Morgan fingerprint density at radius 1 is 1.41 bits per heavy atom. The molecule has 0 amide bonds. The summed E-state index contributed by atoms with van der Waals surface area (Å²) in [4.78, 5) is 12.1. The average Bonchev–Trinajstić information content (AvgIpc) is 2.99. The summed E-state index contributed by atoms with van der Waals surface area (Å²) >= 11 is 0. The van der Waals surface area contributed by atoms with Gasteiger partial charge in [0, 0.05) is 36.9 Å². The first-order chi connectivity index (χ1) is 10.7. The van der Waals surface area contributed by atoms with E-state index in [1.54, 1.807) is 6.33 Å². The number of hydrogen-bond donors (Lipinski definition) is 3. The smallest absolute Gasteiger partial charge is 0.143 e. The maximum atomic E-state index is 6.35. The lowest BCUT2D eigenvalue weighted by Gasteiger charge is -2.56. The van der Waals surface area contributed by atoms with E-state index in [0.717, 1.165) is 55.7 Å². The van der Waals surface area contributed by atoms with Crippen molar-refractivity contribution in [3.63, 3.8) is 0 Å². The second-order valence-electron chi connectivity index (χ2n) is 6.50. The number of rotatable bonds is 3. The first-order valence-electron chi connectivity index (χ1n) is 8.15. The topological polar surface area (TPSA) is 88.9 Å². The molecule has 4 N–H and O–H groups in total. The number of nitrogens with two attached hydrogens (primary N) is 1. The minimum Gasteiger partial charge on any atom is -0.381 e. The predicted octanol–water partition coefficient (Wildman–Crippen LogP) is 1.83. The Labute approximate surface area is 129 Å². The highest BCUT2D eigenvalue weighted by molar-refractivity contribution is 5.90. The molecule has 3 heterocycles. The molecule has 2 fully saturated rings. The summed E-state index contributed by atoms with van der Waals surface area (Å²) in [6.45, 7) is 3.78. The molecule has 1 spiro atoms. The number of nitrogens with one attached hydrogen (secondary N) is 2. The number of ether oxygens (including phenoxy) is 1. The van der Waals surface area contributed by atoms with Gasteiger partial charge in [-0.15, -0.1) is 0 Å². The molecule has 6 nitrogen and oxygen atoms in total. The van der Waals surface area contributed by atoms with E-state index < -0.39 is 0 Å². The molecule has 2 atom stereocenters. The van der Waals surface area contributed by atoms with Gasteiger partial charge in [-0.1, -0.05) is 6.92 Å². The summed E-state index contributed by atoms with van der Waals surface area (Å²) in [5.41, 5.74) is 8.67. The zero-order valence-electron chi connectivity index (χ0n) is 12.9. The van der Waals surface area contributed by atoms with E-state index in [9.17, 15) is 0 Å². The number of anilines is 1. The van der Waals surface area contributed by atoms with Crippen LogP contribution in [0.25, 0.3) is 11.0 Å². The number of fused-ring (bicyclic) bond motifs is 1. The molecule has 1 saturated carbocycles. The molecule has 2 aliphatic rings. The third kappa shape index (κ3) is 1.94. The first-order valence-corrected chi connectivity index (χ1v) is 8.15. The van der Waals surface area contributed by atoms with E-state index in [-0.39, 0.29) is 11.5 Å². The summed E-state index contributed by atoms with van der Waals surface area (Å²) < 4.78 is 5.53. The third-order valence-electron chi connectivity index (χ3n) is 5.59. The molecule has 2 unspecified atom stereocenters. The number of nitrogens with zero attached hydrogens (tertiary/aromatic N) is 2. The van der Waals surface area contributed by atoms with Crippen LogP contribution >= 0.6 is 0 Å². The summed E-state index contributed by atoms with van der Waals surface area (Å²) in [7, 11) is 0. The van der Waals surface area contributed by atoms with Gasteiger partial charge < -0.3 is 20.8 Å². The fraction of sp³-hybridized carbons (Fsp3) is 0.625. The van der Waals surface area contributed by atoms with E-state index in [2.05, 4.69) is 27.2 Å². The molecule has 1 saturated heterocycles. The van der Waals surface area contributed by atoms with Crippen LogP contribution < -0.4 is 11.1 Å². The van der Waals surface area contributed by atoms with Crippen LogP contribution in [0.3, 0.4) is 0 Å². The van der Waals surface area contributed by atoms with Crippen LogP contribution in [-0.2, 0) is 11.2 Å². The lowest BCUT2D eigenvalue weighted by molar-refractivity contribution is -0.0534. The monoisotopic (exact) mass is 301 g/mol. The molecule has 0 bridgehead atoms. The van der Waals surface area contributed by atoms with Gasteiger partial charge in [0.25, 0.3) is 0 Å². The normalized spacial score (nSPS) is 27.0. The lowest BCUT2D eigenvalue weighted by atomic mass is 9.56. The van der Waals surface area contributed by atoms with E-state index in [1.807, 2.05) is 6.20 Å². The van der Waals surface area contributed by atoms with Gasteiger partial charge in [0.1, 0.15) is 17.8 Å².